The first kappa shape index (κ1) is 11.0. The Kier molecular flexibility index (Phi) is 3.10. The van der Waals surface area contributed by atoms with Gasteiger partial charge in [-0.1, -0.05) is 0 Å². The summed E-state index contributed by atoms with van der Waals surface area (Å²) in [7, 11) is 0. The van der Waals surface area contributed by atoms with E-state index in [1.807, 2.05) is 6.92 Å². The van der Waals surface area contributed by atoms with Gasteiger partial charge in [0.25, 0.3) is 0 Å². The summed E-state index contributed by atoms with van der Waals surface area (Å²) in [5.41, 5.74) is 7.73. The average Bonchev–Trinajstić information content (AvgIpc) is 2.70. The average molecular weight is 220 g/mol. The van der Waals surface area contributed by atoms with Gasteiger partial charge in [0.2, 0.25) is 0 Å². The van der Waals surface area contributed by atoms with Gasteiger partial charge in [-0.05, 0) is 43.5 Å². The van der Waals surface area contributed by atoms with Crippen LogP contribution in [-0.2, 0) is 4.84 Å². The molecule has 1 saturated heterocycles. The lowest BCUT2D eigenvalue weighted by atomic mass is 10.1. The molecule has 1 aromatic rings. The van der Waals surface area contributed by atoms with Crippen molar-refractivity contribution in [1.29, 1.82) is 0 Å². The summed E-state index contributed by atoms with van der Waals surface area (Å²) in [6.45, 7) is 3.52. The van der Waals surface area contributed by atoms with Crippen LogP contribution in [0.25, 0.3) is 0 Å². The molecule has 0 atom stereocenters. The number of aryl methyl sites for hydroxylation is 1. The molecule has 0 saturated carbocycles. The second-order valence-corrected chi connectivity index (χ2v) is 4.09. The molecule has 0 aromatic heterocycles. The van der Waals surface area contributed by atoms with E-state index in [1.165, 1.54) is 0 Å². The molecule has 1 aromatic carbocycles. The zero-order valence-corrected chi connectivity index (χ0v) is 9.40. The van der Waals surface area contributed by atoms with Gasteiger partial charge in [0.15, 0.2) is 0 Å². The van der Waals surface area contributed by atoms with E-state index in [1.54, 1.807) is 23.3 Å². The first-order valence-corrected chi connectivity index (χ1v) is 5.50. The summed E-state index contributed by atoms with van der Waals surface area (Å²) < 4.78 is 0. The summed E-state index contributed by atoms with van der Waals surface area (Å²) in [5.74, 6) is -0.292. The molecular weight excluding hydrogens is 204 g/mol. The zero-order chi connectivity index (χ0) is 11.5. The second kappa shape index (κ2) is 4.53. The van der Waals surface area contributed by atoms with Crippen LogP contribution in [0, 0.1) is 6.92 Å². The minimum atomic E-state index is -0.292. The highest BCUT2D eigenvalue weighted by Crippen LogP contribution is 2.16. The van der Waals surface area contributed by atoms with E-state index in [0.29, 0.717) is 11.3 Å². The van der Waals surface area contributed by atoms with Gasteiger partial charge in [-0.15, -0.1) is 5.06 Å². The van der Waals surface area contributed by atoms with Crippen molar-refractivity contribution in [3.05, 3.63) is 29.3 Å². The molecule has 4 nitrogen and oxygen atoms in total. The largest absolute Gasteiger partial charge is 0.399 e. The van der Waals surface area contributed by atoms with Crippen LogP contribution < -0.4 is 5.73 Å². The Bertz CT molecular complexity index is 398. The standard InChI is InChI=1S/C12H16N2O2/c1-9-8-10(13)4-5-11(9)12(15)16-14-6-2-3-7-14/h4-5,8H,2-3,6-7,13H2,1H3. The Labute approximate surface area is 94.9 Å². The van der Waals surface area contributed by atoms with Gasteiger partial charge in [0, 0.05) is 18.8 Å². The molecule has 0 unspecified atom stereocenters. The fraction of sp³-hybridized carbons (Fsp3) is 0.417. The van der Waals surface area contributed by atoms with Crippen LogP contribution in [-0.4, -0.2) is 24.1 Å². The molecule has 0 aliphatic carbocycles. The molecule has 1 aliphatic heterocycles. The topological polar surface area (TPSA) is 55.6 Å². The van der Waals surface area contributed by atoms with Crippen molar-refractivity contribution in [2.24, 2.45) is 0 Å². The number of rotatable bonds is 2. The minimum absolute atomic E-state index is 0.292. The highest BCUT2D eigenvalue weighted by molar-refractivity contribution is 5.91. The molecule has 1 aliphatic rings. The lowest BCUT2D eigenvalue weighted by molar-refractivity contribution is -0.0928. The summed E-state index contributed by atoms with van der Waals surface area (Å²) in [4.78, 5) is 17.1. The molecular formula is C12H16N2O2. The third-order valence-corrected chi connectivity index (χ3v) is 2.75. The molecule has 0 spiro atoms. The van der Waals surface area contributed by atoms with E-state index in [2.05, 4.69) is 0 Å². The number of anilines is 1. The predicted octanol–water partition coefficient (Wildman–Crippen LogP) is 1.74. The van der Waals surface area contributed by atoms with Crippen molar-refractivity contribution in [3.63, 3.8) is 0 Å². The molecule has 16 heavy (non-hydrogen) atoms. The van der Waals surface area contributed by atoms with Crippen molar-refractivity contribution in [2.45, 2.75) is 19.8 Å². The van der Waals surface area contributed by atoms with Crippen LogP contribution in [0.3, 0.4) is 0 Å². The maximum atomic E-state index is 11.8. The van der Waals surface area contributed by atoms with Gasteiger partial charge in [0.1, 0.15) is 0 Å². The maximum absolute atomic E-state index is 11.8. The Morgan fingerprint density at radius 1 is 1.38 bits per heavy atom. The summed E-state index contributed by atoms with van der Waals surface area (Å²) in [6.07, 6.45) is 2.18. The highest BCUT2D eigenvalue weighted by Gasteiger charge is 2.18. The van der Waals surface area contributed by atoms with Crippen LogP contribution >= 0.6 is 0 Å². The Hall–Kier alpha value is -1.55. The normalized spacial score (nSPS) is 16.3. The quantitative estimate of drug-likeness (QED) is 0.771. The van der Waals surface area contributed by atoms with Gasteiger partial charge in [-0.25, -0.2) is 4.79 Å². The third-order valence-electron chi connectivity index (χ3n) is 2.75. The van der Waals surface area contributed by atoms with Gasteiger partial charge in [-0.3, -0.25) is 0 Å². The van der Waals surface area contributed by atoms with E-state index in [4.69, 9.17) is 10.6 Å². The Balaban J connectivity index is 2.08. The lowest BCUT2D eigenvalue weighted by Gasteiger charge is -2.15. The number of carbonyl (C=O) groups is 1. The third kappa shape index (κ3) is 2.33. The van der Waals surface area contributed by atoms with Crippen molar-refractivity contribution in [1.82, 2.24) is 5.06 Å². The number of nitrogen functional groups attached to an aromatic ring is 1. The smallest absolute Gasteiger partial charge is 0.357 e. The SMILES string of the molecule is Cc1cc(N)ccc1C(=O)ON1CCCC1. The van der Waals surface area contributed by atoms with E-state index in [9.17, 15) is 4.79 Å². The molecule has 0 amide bonds. The first-order valence-electron chi connectivity index (χ1n) is 5.50. The Morgan fingerprint density at radius 2 is 2.06 bits per heavy atom. The monoisotopic (exact) mass is 220 g/mol. The fourth-order valence-corrected chi connectivity index (χ4v) is 1.86. The molecule has 0 radical (unpaired) electrons. The van der Waals surface area contributed by atoms with Crippen LogP contribution in [0.5, 0.6) is 0 Å². The number of nitrogens with two attached hydrogens (primary N) is 1. The molecule has 0 bridgehead atoms. The molecule has 1 heterocycles. The Morgan fingerprint density at radius 3 is 2.69 bits per heavy atom. The number of nitrogens with zero attached hydrogens (tertiary/aromatic N) is 1. The van der Waals surface area contributed by atoms with Crippen molar-refractivity contribution < 1.29 is 9.63 Å². The van der Waals surface area contributed by atoms with Crippen molar-refractivity contribution in [3.8, 4) is 0 Å². The van der Waals surface area contributed by atoms with Crippen LogP contribution in [0.15, 0.2) is 18.2 Å². The highest BCUT2D eigenvalue weighted by atomic mass is 16.7. The van der Waals surface area contributed by atoms with E-state index in [0.717, 1.165) is 31.5 Å². The molecule has 86 valence electrons. The summed E-state index contributed by atoms with van der Waals surface area (Å²) in [5, 5.41) is 1.72. The number of hydrogen-bond acceptors (Lipinski definition) is 4. The van der Waals surface area contributed by atoms with E-state index >= 15 is 0 Å². The summed E-state index contributed by atoms with van der Waals surface area (Å²) in [6, 6.07) is 5.21. The minimum Gasteiger partial charge on any atom is -0.399 e. The zero-order valence-electron chi connectivity index (χ0n) is 9.40. The van der Waals surface area contributed by atoms with E-state index in [-0.39, 0.29) is 5.97 Å². The van der Waals surface area contributed by atoms with E-state index < -0.39 is 0 Å². The van der Waals surface area contributed by atoms with Crippen LogP contribution in [0.1, 0.15) is 28.8 Å². The molecule has 2 N–H and O–H groups in total. The predicted molar refractivity (Wildman–Crippen MR) is 61.8 cm³/mol. The van der Waals surface area contributed by atoms with Gasteiger partial charge < -0.3 is 10.6 Å². The lowest BCUT2D eigenvalue weighted by Crippen LogP contribution is -2.24. The molecule has 1 fully saturated rings. The van der Waals surface area contributed by atoms with Gasteiger partial charge in [-0.2, -0.15) is 0 Å². The van der Waals surface area contributed by atoms with Crippen molar-refractivity contribution in [2.75, 3.05) is 18.8 Å². The number of benzene rings is 1. The van der Waals surface area contributed by atoms with Crippen LogP contribution in [0.4, 0.5) is 5.69 Å². The number of hydrogen-bond donors (Lipinski definition) is 1. The first-order chi connectivity index (χ1) is 7.66. The number of carbonyl (C=O) groups excluding carboxylic acids is 1. The fourth-order valence-electron chi connectivity index (χ4n) is 1.86. The second-order valence-electron chi connectivity index (χ2n) is 4.09. The van der Waals surface area contributed by atoms with Crippen LogP contribution in [0.2, 0.25) is 0 Å². The molecule has 4 heteroatoms. The number of hydroxylamine groups is 2. The molecule has 2 rings (SSSR count). The van der Waals surface area contributed by atoms with Gasteiger partial charge >= 0.3 is 5.97 Å². The van der Waals surface area contributed by atoms with Gasteiger partial charge in [0.05, 0.1) is 5.56 Å². The maximum Gasteiger partial charge on any atom is 0.357 e. The van der Waals surface area contributed by atoms with Crippen molar-refractivity contribution >= 4 is 11.7 Å². The summed E-state index contributed by atoms with van der Waals surface area (Å²) >= 11 is 0.